The van der Waals surface area contributed by atoms with Crippen LogP contribution in [0.4, 0.5) is 0 Å². The summed E-state index contributed by atoms with van der Waals surface area (Å²) >= 11 is 0. The number of hydrogen-bond acceptors (Lipinski definition) is 4. The Hall–Kier alpha value is -2.25. The second-order valence-electron chi connectivity index (χ2n) is 7.07. The van der Waals surface area contributed by atoms with Crippen LogP contribution in [0, 0.1) is 19.8 Å². The number of nitrogens with one attached hydrogen (secondary N) is 1. The maximum atomic E-state index is 12.5. The van der Waals surface area contributed by atoms with Gasteiger partial charge in [0.25, 0.3) is 5.91 Å². The van der Waals surface area contributed by atoms with Crippen molar-refractivity contribution in [1.82, 2.24) is 14.6 Å². The molecule has 7 heteroatoms. The van der Waals surface area contributed by atoms with Crippen molar-refractivity contribution in [1.29, 1.82) is 0 Å². The topological polar surface area (TPSA) is 79.4 Å². The van der Waals surface area contributed by atoms with E-state index in [1.54, 1.807) is 36.7 Å². The van der Waals surface area contributed by atoms with Crippen molar-refractivity contribution in [3.8, 4) is 0 Å². The number of nitrogens with zero attached hydrogens (tertiary/aromatic N) is 2. The van der Waals surface area contributed by atoms with Crippen LogP contribution in [0.3, 0.4) is 0 Å². The minimum Gasteiger partial charge on any atom is -0.339 e. The zero-order chi connectivity index (χ0) is 19.4. The molecule has 6 nitrogen and oxygen atoms in total. The summed E-state index contributed by atoms with van der Waals surface area (Å²) in [4.78, 5) is 18.5. The number of benzene rings is 1. The van der Waals surface area contributed by atoms with Crippen LogP contribution in [0.1, 0.15) is 34.3 Å². The van der Waals surface area contributed by atoms with E-state index in [1.165, 1.54) is 0 Å². The first kappa shape index (κ1) is 19.5. The van der Waals surface area contributed by atoms with Gasteiger partial charge in [0, 0.05) is 37.6 Å². The van der Waals surface area contributed by atoms with Crippen LogP contribution in [0.15, 0.2) is 47.6 Å². The first-order chi connectivity index (χ1) is 12.9. The van der Waals surface area contributed by atoms with Crippen molar-refractivity contribution in [2.75, 3.05) is 19.6 Å². The van der Waals surface area contributed by atoms with Crippen LogP contribution >= 0.6 is 0 Å². The minimum absolute atomic E-state index is 0.00608. The second kappa shape index (κ2) is 8.19. The molecule has 1 aliphatic rings. The maximum Gasteiger partial charge on any atom is 0.253 e. The Kier molecular flexibility index (Phi) is 5.92. The number of carbonyl (C=O) groups excluding carboxylic acids is 1. The number of amides is 1. The van der Waals surface area contributed by atoms with Crippen LogP contribution in [0.2, 0.25) is 0 Å². The standard InChI is InChI=1S/C20H25N3O3S/c1-15-3-4-19(13-16(15)2)27(25,26)22-14-17-7-11-23(12-8-17)20(24)18-5-9-21-10-6-18/h3-6,9-10,13,17,22H,7-8,11-12,14H2,1-2H3. The molecule has 2 heterocycles. The van der Waals surface area contributed by atoms with Gasteiger partial charge in [0.05, 0.1) is 4.90 Å². The minimum atomic E-state index is -3.51. The van der Waals surface area contributed by atoms with E-state index < -0.39 is 10.0 Å². The highest BCUT2D eigenvalue weighted by Gasteiger charge is 2.25. The van der Waals surface area contributed by atoms with E-state index in [4.69, 9.17) is 0 Å². The van der Waals surface area contributed by atoms with Gasteiger partial charge in [0.2, 0.25) is 10.0 Å². The third-order valence-corrected chi connectivity index (χ3v) is 6.60. The van der Waals surface area contributed by atoms with E-state index in [2.05, 4.69) is 9.71 Å². The van der Waals surface area contributed by atoms with Gasteiger partial charge >= 0.3 is 0 Å². The summed E-state index contributed by atoms with van der Waals surface area (Å²) in [6.45, 7) is 5.53. The fourth-order valence-corrected chi connectivity index (χ4v) is 4.41. The number of rotatable bonds is 5. The number of sulfonamides is 1. The van der Waals surface area contributed by atoms with Crippen LogP contribution in [0.25, 0.3) is 0 Å². The van der Waals surface area contributed by atoms with E-state index >= 15 is 0 Å². The molecule has 144 valence electrons. The molecule has 1 aromatic heterocycles. The van der Waals surface area contributed by atoms with Crippen LogP contribution in [-0.4, -0.2) is 43.8 Å². The van der Waals surface area contributed by atoms with E-state index in [0.717, 1.165) is 24.0 Å². The largest absolute Gasteiger partial charge is 0.339 e. The Bertz CT molecular complexity index is 905. The number of piperidine rings is 1. The third kappa shape index (κ3) is 4.73. The Morgan fingerprint density at radius 3 is 2.41 bits per heavy atom. The molecule has 0 bridgehead atoms. The van der Waals surface area contributed by atoms with Gasteiger partial charge in [-0.15, -0.1) is 0 Å². The third-order valence-electron chi connectivity index (χ3n) is 5.18. The van der Waals surface area contributed by atoms with Crippen molar-refractivity contribution in [2.24, 2.45) is 5.92 Å². The average Bonchev–Trinajstić information content (AvgIpc) is 2.69. The second-order valence-corrected chi connectivity index (χ2v) is 8.84. The molecular weight excluding hydrogens is 362 g/mol. The molecular formula is C20H25N3O3S. The first-order valence-corrected chi connectivity index (χ1v) is 10.6. The first-order valence-electron chi connectivity index (χ1n) is 9.13. The highest BCUT2D eigenvalue weighted by Crippen LogP contribution is 2.20. The summed E-state index contributed by atoms with van der Waals surface area (Å²) in [6, 6.07) is 8.60. The molecule has 2 aromatic rings. The van der Waals surface area contributed by atoms with Gasteiger partial charge in [0.1, 0.15) is 0 Å². The molecule has 0 unspecified atom stereocenters. The van der Waals surface area contributed by atoms with Gasteiger partial charge in [-0.3, -0.25) is 9.78 Å². The predicted molar refractivity (Wildman–Crippen MR) is 104 cm³/mol. The molecule has 1 aromatic carbocycles. The highest BCUT2D eigenvalue weighted by molar-refractivity contribution is 7.89. The Labute approximate surface area is 160 Å². The van der Waals surface area contributed by atoms with Crippen LogP contribution < -0.4 is 4.72 Å². The molecule has 0 aliphatic carbocycles. The quantitative estimate of drug-likeness (QED) is 0.855. The van der Waals surface area contributed by atoms with Gasteiger partial charge in [-0.25, -0.2) is 13.1 Å². The van der Waals surface area contributed by atoms with Crippen molar-refractivity contribution in [2.45, 2.75) is 31.6 Å². The fourth-order valence-electron chi connectivity index (χ4n) is 3.21. The molecule has 1 amide bonds. The van der Waals surface area contributed by atoms with Gasteiger partial charge in [0.15, 0.2) is 0 Å². The smallest absolute Gasteiger partial charge is 0.253 e. The van der Waals surface area contributed by atoms with Crippen LogP contribution in [-0.2, 0) is 10.0 Å². The lowest BCUT2D eigenvalue weighted by Crippen LogP contribution is -2.41. The number of aryl methyl sites for hydroxylation is 2. The number of aromatic nitrogens is 1. The van der Waals surface area contributed by atoms with E-state index in [0.29, 0.717) is 30.1 Å². The Morgan fingerprint density at radius 2 is 1.78 bits per heavy atom. The zero-order valence-corrected chi connectivity index (χ0v) is 16.5. The van der Waals surface area contributed by atoms with Crippen molar-refractivity contribution in [3.63, 3.8) is 0 Å². The zero-order valence-electron chi connectivity index (χ0n) is 15.7. The molecule has 1 aliphatic heterocycles. The molecule has 0 atom stereocenters. The average molecular weight is 388 g/mol. The fraction of sp³-hybridized carbons (Fsp3) is 0.400. The lowest BCUT2D eigenvalue weighted by atomic mass is 9.97. The summed E-state index contributed by atoms with van der Waals surface area (Å²) in [6.07, 6.45) is 4.79. The normalized spacial score (nSPS) is 15.7. The van der Waals surface area contributed by atoms with Gasteiger partial charge in [-0.05, 0) is 68.0 Å². The molecule has 1 N–H and O–H groups in total. The molecule has 0 saturated carbocycles. The van der Waals surface area contributed by atoms with E-state index in [-0.39, 0.29) is 11.8 Å². The summed E-state index contributed by atoms with van der Waals surface area (Å²) in [5.41, 5.74) is 2.67. The van der Waals surface area contributed by atoms with Crippen molar-refractivity contribution in [3.05, 3.63) is 59.4 Å². The number of pyridine rings is 1. The molecule has 3 rings (SSSR count). The molecule has 0 radical (unpaired) electrons. The number of likely N-dealkylation sites (tertiary alicyclic amines) is 1. The predicted octanol–water partition coefficient (Wildman–Crippen LogP) is 2.53. The summed E-state index contributed by atoms with van der Waals surface area (Å²) in [5, 5.41) is 0. The SMILES string of the molecule is Cc1ccc(S(=O)(=O)NCC2CCN(C(=O)c3ccncc3)CC2)cc1C. The number of hydrogen-bond donors (Lipinski definition) is 1. The molecule has 1 saturated heterocycles. The molecule has 1 fully saturated rings. The highest BCUT2D eigenvalue weighted by atomic mass is 32.2. The summed E-state index contributed by atoms with van der Waals surface area (Å²) in [5.74, 6) is 0.236. The Balaban J connectivity index is 1.53. The van der Waals surface area contributed by atoms with Gasteiger partial charge in [-0.2, -0.15) is 0 Å². The monoisotopic (exact) mass is 387 g/mol. The molecule has 27 heavy (non-hydrogen) atoms. The Morgan fingerprint density at radius 1 is 1.11 bits per heavy atom. The maximum absolute atomic E-state index is 12.5. The van der Waals surface area contributed by atoms with Gasteiger partial charge in [-0.1, -0.05) is 6.07 Å². The van der Waals surface area contributed by atoms with E-state index in [9.17, 15) is 13.2 Å². The van der Waals surface area contributed by atoms with Crippen LogP contribution in [0.5, 0.6) is 0 Å². The summed E-state index contributed by atoms with van der Waals surface area (Å²) in [7, 11) is -3.51. The molecule has 0 spiro atoms. The van der Waals surface area contributed by atoms with Crippen molar-refractivity contribution < 1.29 is 13.2 Å². The van der Waals surface area contributed by atoms with Crippen molar-refractivity contribution >= 4 is 15.9 Å². The van der Waals surface area contributed by atoms with Gasteiger partial charge < -0.3 is 4.90 Å². The summed E-state index contributed by atoms with van der Waals surface area (Å²) < 4.78 is 27.8. The lowest BCUT2D eigenvalue weighted by Gasteiger charge is -2.32. The number of carbonyl (C=O) groups is 1. The van der Waals surface area contributed by atoms with E-state index in [1.807, 2.05) is 24.8 Å². The lowest BCUT2D eigenvalue weighted by molar-refractivity contribution is 0.0692.